The summed E-state index contributed by atoms with van der Waals surface area (Å²) in [5.74, 6) is 0.998. The molecule has 1 fully saturated rings. The Bertz CT molecular complexity index is 207. The maximum absolute atomic E-state index is 5.29. The average molecular weight is 197 g/mol. The highest BCUT2D eigenvalue weighted by molar-refractivity contribution is 6.29. The van der Waals surface area contributed by atoms with Crippen LogP contribution in [-0.2, 0) is 4.74 Å². The van der Waals surface area contributed by atoms with Crippen molar-refractivity contribution in [3.05, 3.63) is 0 Å². The smallest absolute Gasteiger partial charge is 0.141 e. The van der Waals surface area contributed by atoms with Crippen molar-refractivity contribution in [2.45, 2.75) is 13.8 Å². The number of ether oxygens (including phenoxy) is 1. The van der Waals surface area contributed by atoms with E-state index in [4.69, 9.17) is 4.74 Å². The first-order valence-electron chi connectivity index (χ1n) is 5.25. The van der Waals surface area contributed by atoms with Crippen LogP contribution in [0, 0.1) is 0 Å². The number of hydrogen-bond acceptors (Lipinski definition) is 3. The summed E-state index contributed by atoms with van der Waals surface area (Å²) in [5, 5.41) is 0. The third kappa shape index (κ3) is 3.46. The molecular weight excluding hydrogens is 178 g/mol. The van der Waals surface area contributed by atoms with E-state index in [1.165, 1.54) is 0 Å². The summed E-state index contributed by atoms with van der Waals surface area (Å²) in [6.07, 6.45) is 1.87. The lowest BCUT2D eigenvalue weighted by atomic mass is 10.4. The van der Waals surface area contributed by atoms with Crippen LogP contribution in [0.2, 0.25) is 0 Å². The van der Waals surface area contributed by atoms with Gasteiger partial charge >= 0.3 is 0 Å². The summed E-state index contributed by atoms with van der Waals surface area (Å²) in [5.41, 5.74) is 0. The monoisotopic (exact) mass is 197 g/mol. The first kappa shape index (κ1) is 11.2. The Balaban J connectivity index is 2.56. The van der Waals surface area contributed by atoms with Gasteiger partial charge in [-0.15, -0.1) is 0 Å². The highest BCUT2D eigenvalue weighted by Crippen LogP contribution is 1.98. The number of rotatable bonds is 3. The fourth-order valence-electron chi connectivity index (χ4n) is 1.35. The fourth-order valence-corrected chi connectivity index (χ4v) is 1.35. The molecular formula is C10H19N3O. The number of amidine groups is 1. The van der Waals surface area contributed by atoms with Crippen molar-refractivity contribution < 1.29 is 4.74 Å². The Morgan fingerprint density at radius 3 is 2.57 bits per heavy atom. The van der Waals surface area contributed by atoms with Crippen LogP contribution < -0.4 is 0 Å². The highest BCUT2D eigenvalue weighted by Gasteiger charge is 2.12. The minimum absolute atomic E-state index is 0.794. The SMILES string of the molecule is CCN=CC(=NCC)N1CCOCC1. The molecule has 80 valence electrons. The van der Waals surface area contributed by atoms with Gasteiger partial charge in [0.15, 0.2) is 0 Å². The predicted molar refractivity (Wildman–Crippen MR) is 59.4 cm³/mol. The molecule has 4 heteroatoms. The molecule has 0 atom stereocenters. The molecule has 0 aromatic carbocycles. The number of aliphatic imine (C=N–C) groups is 2. The lowest BCUT2D eigenvalue weighted by molar-refractivity contribution is 0.0689. The van der Waals surface area contributed by atoms with Gasteiger partial charge in [-0.25, -0.2) is 0 Å². The van der Waals surface area contributed by atoms with Crippen LogP contribution >= 0.6 is 0 Å². The van der Waals surface area contributed by atoms with E-state index in [2.05, 4.69) is 14.9 Å². The second-order valence-electron chi connectivity index (χ2n) is 3.06. The van der Waals surface area contributed by atoms with Gasteiger partial charge in [-0.3, -0.25) is 9.98 Å². The van der Waals surface area contributed by atoms with Crippen LogP contribution in [-0.4, -0.2) is 56.3 Å². The average Bonchev–Trinajstić information content (AvgIpc) is 2.25. The zero-order valence-electron chi connectivity index (χ0n) is 9.07. The predicted octanol–water partition coefficient (Wildman–Crippen LogP) is 0.828. The van der Waals surface area contributed by atoms with Gasteiger partial charge in [-0.05, 0) is 13.8 Å². The van der Waals surface area contributed by atoms with Crippen LogP contribution in [0.4, 0.5) is 0 Å². The van der Waals surface area contributed by atoms with Gasteiger partial charge in [0.2, 0.25) is 0 Å². The van der Waals surface area contributed by atoms with E-state index in [1.54, 1.807) is 0 Å². The van der Waals surface area contributed by atoms with Crippen molar-refractivity contribution >= 4 is 12.1 Å². The largest absolute Gasteiger partial charge is 0.378 e. The third-order valence-corrected chi connectivity index (χ3v) is 2.04. The van der Waals surface area contributed by atoms with Crippen molar-refractivity contribution in [1.82, 2.24) is 4.90 Å². The Labute approximate surface area is 85.7 Å². The molecule has 4 nitrogen and oxygen atoms in total. The van der Waals surface area contributed by atoms with Gasteiger partial charge in [0, 0.05) is 26.2 Å². The molecule has 1 heterocycles. The minimum atomic E-state index is 0.794. The summed E-state index contributed by atoms with van der Waals surface area (Å²) in [6.45, 7) is 9.13. The second kappa shape index (κ2) is 6.54. The molecule has 1 aliphatic heterocycles. The zero-order valence-corrected chi connectivity index (χ0v) is 9.07. The lowest BCUT2D eigenvalue weighted by Gasteiger charge is -2.28. The maximum atomic E-state index is 5.29. The Morgan fingerprint density at radius 2 is 2.00 bits per heavy atom. The number of hydrogen-bond donors (Lipinski definition) is 0. The van der Waals surface area contributed by atoms with Crippen molar-refractivity contribution in [2.75, 3.05) is 39.4 Å². The van der Waals surface area contributed by atoms with E-state index in [9.17, 15) is 0 Å². The van der Waals surface area contributed by atoms with E-state index < -0.39 is 0 Å². The normalized spacial score (nSPS) is 19.3. The second-order valence-corrected chi connectivity index (χ2v) is 3.06. The molecule has 0 amide bonds. The molecule has 0 N–H and O–H groups in total. The summed E-state index contributed by atoms with van der Waals surface area (Å²) in [4.78, 5) is 10.9. The van der Waals surface area contributed by atoms with Gasteiger partial charge in [-0.2, -0.15) is 0 Å². The molecule has 1 aliphatic rings. The van der Waals surface area contributed by atoms with E-state index in [0.717, 1.165) is 45.2 Å². The first-order chi connectivity index (χ1) is 6.88. The van der Waals surface area contributed by atoms with Crippen LogP contribution in [0.3, 0.4) is 0 Å². The molecule has 0 bridgehead atoms. The van der Waals surface area contributed by atoms with Crippen molar-refractivity contribution in [3.63, 3.8) is 0 Å². The molecule has 0 aromatic rings. The van der Waals surface area contributed by atoms with Crippen LogP contribution in [0.25, 0.3) is 0 Å². The van der Waals surface area contributed by atoms with Gasteiger partial charge in [-0.1, -0.05) is 0 Å². The maximum Gasteiger partial charge on any atom is 0.141 e. The van der Waals surface area contributed by atoms with E-state index in [0.29, 0.717) is 0 Å². The van der Waals surface area contributed by atoms with Crippen molar-refractivity contribution in [3.8, 4) is 0 Å². The number of nitrogens with zero attached hydrogens (tertiary/aromatic N) is 3. The van der Waals surface area contributed by atoms with Gasteiger partial charge < -0.3 is 9.64 Å². The van der Waals surface area contributed by atoms with Crippen molar-refractivity contribution in [2.24, 2.45) is 9.98 Å². The van der Waals surface area contributed by atoms with Crippen LogP contribution in [0.15, 0.2) is 9.98 Å². The lowest BCUT2D eigenvalue weighted by Crippen LogP contribution is -2.41. The molecule has 1 saturated heterocycles. The summed E-state index contributed by atoms with van der Waals surface area (Å²) in [6, 6.07) is 0. The van der Waals surface area contributed by atoms with E-state index in [1.807, 2.05) is 20.1 Å². The van der Waals surface area contributed by atoms with Crippen LogP contribution in [0.1, 0.15) is 13.8 Å². The van der Waals surface area contributed by atoms with Gasteiger partial charge in [0.05, 0.1) is 19.4 Å². The van der Waals surface area contributed by atoms with Gasteiger partial charge in [0.25, 0.3) is 0 Å². The Kier molecular flexibility index (Phi) is 5.22. The van der Waals surface area contributed by atoms with Crippen LogP contribution in [0.5, 0.6) is 0 Å². The Hall–Kier alpha value is -0.900. The minimum Gasteiger partial charge on any atom is -0.378 e. The molecule has 0 saturated carbocycles. The van der Waals surface area contributed by atoms with Crippen molar-refractivity contribution in [1.29, 1.82) is 0 Å². The Morgan fingerprint density at radius 1 is 1.29 bits per heavy atom. The number of morpholine rings is 1. The molecule has 0 radical (unpaired) electrons. The molecule has 0 unspecified atom stereocenters. The first-order valence-corrected chi connectivity index (χ1v) is 5.25. The zero-order chi connectivity index (χ0) is 10.2. The summed E-state index contributed by atoms with van der Waals surface area (Å²) < 4.78 is 5.29. The highest BCUT2D eigenvalue weighted by atomic mass is 16.5. The molecule has 0 spiro atoms. The summed E-state index contributed by atoms with van der Waals surface area (Å²) in [7, 11) is 0. The topological polar surface area (TPSA) is 37.2 Å². The molecule has 14 heavy (non-hydrogen) atoms. The summed E-state index contributed by atoms with van der Waals surface area (Å²) >= 11 is 0. The van der Waals surface area contributed by atoms with Gasteiger partial charge in [0.1, 0.15) is 5.84 Å². The molecule has 0 aromatic heterocycles. The quantitative estimate of drug-likeness (QED) is 0.496. The molecule has 1 rings (SSSR count). The third-order valence-electron chi connectivity index (χ3n) is 2.04. The standard InChI is InChI=1S/C10H19N3O/c1-3-11-9-10(12-4-2)13-5-7-14-8-6-13/h9H,3-8H2,1-2H3. The van der Waals surface area contributed by atoms with E-state index in [-0.39, 0.29) is 0 Å². The van der Waals surface area contributed by atoms with E-state index >= 15 is 0 Å². The fraction of sp³-hybridized carbons (Fsp3) is 0.800. The molecule has 0 aliphatic carbocycles.